The van der Waals surface area contributed by atoms with E-state index in [0.29, 0.717) is 5.75 Å². The van der Waals surface area contributed by atoms with Gasteiger partial charge in [0, 0.05) is 21.5 Å². The van der Waals surface area contributed by atoms with Crippen LogP contribution in [0.4, 0.5) is 8.78 Å². The molecule has 3 nitrogen and oxygen atoms in total. The van der Waals surface area contributed by atoms with E-state index in [4.69, 9.17) is 0 Å². The zero-order valence-corrected chi connectivity index (χ0v) is 20.2. The van der Waals surface area contributed by atoms with E-state index in [0.717, 1.165) is 11.3 Å². The summed E-state index contributed by atoms with van der Waals surface area (Å²) in [6.07, 6.45) is 0. The molecule has 0 fully saturated rings. The molecule has 29 heavy (non-hydrogen) atoms. The lowest BCUT2D eigenvalue weighted by Gasteiger charge is -2.23. The standard InChI is InChI=1S/C21H26BrF2O3PS/c1-5-27-28(25,26)21(23,24)18-11-8-16(12-19(18)22)14-29-13-15-6-9-17(10-7-15)20(2,3)4/h6-12H,5,13-14H2,1-4H3,(H,25,26). The van der Waals surface area contributed by atoms with E-state index in [9.17, 15) is 18.2 Å². The summed E-state index contributed by atoms with van der Waals surface area (Å²) in [5.41, 5.74) is -1.10. The van der Waals surface area contributed by atoms with Gasteiger partial charge in [-0.25, -0.2) is 0 Å². The van der Waals surface area contributed by atoms with Crippen molar-refractivity contribution in [3.05, 3.63) is 69.2 Å². The Morgan fingerprint density at radius 2 is 1.62 bits per heavy atom. The third-order valence-electron chi connectivity index (χ3n) is 4.37. The molecule has 0 spiro atoms. The van der Waals surface area contributed by atoms with Crippen LogP contribution in [0.25, 0.3) is 0 Å². The van der Waals surface area contributed by atoms with Crippen LogP contribution in [0.2, 0.25) is 0 Å². The van der Waals surface area contributed by atoms with Gasteiger partial charge >= 0.3 is 13.3 Å². The molecule has 0 aromatic heterocycles. The van der Waals surface area contributed by atoms with Gasteiger partial charge in [-0.15, -0.1) is 0 Å². The highest BCUT2D eigenvalue weighted by Crippen LogP contribution is 2.64. The van der Waals surface area contributed by atoms with Crippen molar-refractivity contribution >= 4 is 35.3 Å². The normalized spacial score (nSPS) is 14.6. The minimum absolute atomic E-state index is 0.0871. The summed E-state index contributed by atoms with van der Waals surface area (Å²) in [5.74, 6) is 1.43. The van der Waals surface area contributed by atoms with Gasteiger partial charge in [0.25, 0.3) is 0 Å². The van der Waals surface area contributed by atoms with Gasteiger partial charge in [0.1, 0.15) is 0 Å². The summed E-state index contributed by atoms with van der Waals surface area (Å²) in [6.45, 7) is 7.64. The van der Waals surface area contributed by atoms with Crippen LogP contribution in [-0.2, 0) is 31.7 Å². The topological polar surface area (TPSA) is 46.5 Å². The number of benzene rings is 2. The molecule has 160 valence electrons. The third kappa shape index (κ3) is 6.14. The fraction of sp³-hybridized carbons (Fsp3) is 0.429. The highest BCUT2D eigenvalue weighted by molar-refractivity contribution is 9.10. The molecule has 1 atom stereocenters. The summed E-state index contributed by atoms with van der Waals surface area (Å²) in [5, 5.41) is 0. The first-order chi connectivity index (χ1) is 13.4. The van der Waals surface area contributed by atoms with Crippen molar-refractivity contribution in [2.45, 2.75) is 50.3 Å². The van der Waals surface area contributed by atoms with Gasteiger partial charge in [-0.3, -0.25) is 4.57 Å². The Morgan fingerprint density at radius 1 is 1.07 bits per heavy atom. The van der Waals surface area contributed by atoms with Crippen LogP contribution in [0.5, 0.6) is 0 Å². The van der Waals surface area contributed by atoms with E-state index in [1.807, 2.05) is 0 Å². The van der Waals surface area contributed by atoms with Crippen molar-refractivity contribution in [2.75, 3.05) is 6.61 Å². The molecule has 2 aromatic carbocycles. The second-order valence-electron chi connectivity index (χ2n) is 7.73. The number of halogens is 3. The zero-order chi connectivity index (χ0) is 21.9. The maximum absolute atomic E-state index is 14.4. The van der Waals surface area contributed by atoms with E-state index in [1.165, 1.54) is 24.1 Å². The van der Waals surface area contributed by atoms with Gasteiger partial charge in [-0.05, 0) is 35.1 Å². The van der Waals surface area contributed by atoms with Crippen molar-refractivity contribution in [1.82, 2.24) is 0 Å². The van der Waals surface area contributed by atoms with Crippen molar-refractivity contribution < 1.29 is 22.8 Å². The highest BCUT2D eigenvalue weighted by Gasteiger charge is 2.53. The molecule has 1 N–H and O–H groups in total. The minimum Gasteiger partial charge on any atom is -0.320 e. The van der Waals surface area contributed by atoms with Gasteiger partial charge in [0.05, 0.1) is 6.61 Å². The lowest BCUT2D eigenvalue weighted by molar-refractivity contribution is 0.0459. The zero-order valence-electron chi connectivity index (χ0n) is 16.9. The van der Waals surface area contributed by atoms with Gasteiger partial charge in [-0.2, -0.15) is 20.5 Å². The quantitative estimate of drug-likeness (QED) is 0.377. The predicted molar refractivity (Wildman–Crippen MR) is 120 cm³/mol. The molecule has 0 amide bonds. The largest absolute Gasteiger partial charge is 0.401 e. The molecule has 2 rings (SSSR count). The second kappa shape index (κ2) is 9.61. The molecule has 0 bridgehead atoms. The molecule has 0 aliphatic carbocycles. The van der Waals surface area contributed by atoms with E-state index in [-0.39, 0.29) is 16.5 Å². The number of rotatable bonds is 8. The number of thioether (sulfide) groups is 1. The maximum atomic E-state index is 14.4. The fourth-order valence-electron chi connectivity index (χ4n) is 2.69. The van der Waals surface area contributed by atoms with Crippen LogP contribution in [-0.4, -0.2) is 11.5 Å². The third-order valence-corrected chi connectivity index (χ3v) is 7.66. The smallest absolute Gasteiger partial charge is 0.320 e. The second-order valence-corrected chi connectivity index (χ2v) is 11.4. The maximum Gasteiger partial charge on any atom is 0.401 e. The molecular formula is C21H26BrF2O3PS. The van der Waals surface area contributed by atoms with Crippen LogP contribution in [0.1, 0.15) is 49.9 Å². The summed E-state index contributed by atoms with van der Waals surface area (Å²) >= 11 is 4.78. The van der Waals surface area contributed by atoms with Crippen LogP contribution in [0.3, 0.4) is 0 Å². The Kier molecular flexibility index (Phi) is 8.13. The molecule has 0 aliphatic rings. The lowest BCUT2D eigenvalue weighted by Crippen LogP contribution is -2.16. The van der Waals surface area contributed by atoms with Crippen LogP contribution < -0.4 is 0 Å². The van der Waals surface area contributed by atoms with Crippen LogP contribution in [0.15, 0.2) is 46.9 Å². The van der Waals surface area contributed by atoms with Crippen molar-refractivity contribution in [2.24, 2.45) is 0 Å². The first-order valence-corrected chi connectivity index (χ1v) is 12.7. The summed E-state index contributed by atoms with van der Waals surface area (Å²) in [6, 6.07) is 12.8. The summed E-state index contributed by atoms with van der Waals surface area (Å²) < 4.78 is 45.2. The molecule has 2 aromatic rings. The van der Waals surface area contributed by atoms with Gasteiger partial charge in [0.2, 0.25) is 0 Å². The monoisotopic (exact) mass is 506 g/mol. The number of hydrogen-bond acceptors (Lipinski definition) is 3. The Hall–Kier alpha value is -0.720. The summed E-state index contributed by atoms with van der Waals surface area (Å²) in [4.78, 5) is 9.58. The predicted octanol–water partition coefficient (Wildman–Crippen LogP) is 7.45. The van der Waals surface area contributed by atoms with Crippen LogP contribution >= 0.6 is 35.3 Å². The number of hydrogen-bond donors (Lipinski definition) is 1. The molecule has 1 unspecified atom stereocenters. The van der Waals surface area contributed by atoms with Crippen molar-refractivity contribution in [3.63, 3.8) is 0 Å². The van der Waals surface area contributed by atoms with Gasteiger partial charge in [0.15, 0.2) is 0 Å². The molecule has 0 radical (unpaired) electrons. The Balaban J connectivity index is 2.03. The molecule has 0 heterocycles. The van der Waals surface area contributed by atoms with E-state index >= 15 is 0 Å². The molecular weight excluding hydrogens is 481 g/mol. The van der Waals surface area contributed by atoms with Crippen molar-refractivity contribution in [3.8, 4) is 0 Å². The average molecular weight is 507 g/mol. The minimum atomic E-state index is -5.11. The lowest BCUT2D eigenvalue weighted by atomic mass is 9.87. The molecule has 0 saturated heterocycles. The first-order valence-electron chi connectivity index (χ1n) is 9.20. The van der Waals surface area contributed by atoms with Crippen LogP contribution in [0, 0.1) is 0 Å². The molecule has 0 saturated carbocycles. The molecule has 0 aliphatic heterocycles. The van der Waals surface area contributed by atoms with Gasteiger partial charge in [-0.1, -0.05) is 73.1 Å². The highest BCUT2D eigenvalue weighted by atomic mass is 79.9. The van der Waals surface area contributed by atoms with Crippen molar-refractivity contribution in [1.29, 1.82) is 0 Å². The number of alkyl halides is 2. The van der Waals surface area contributed by atoms with E-state index in [1.54, 1.807) is 23.9 Å². The van der Waals surface area contributed by atoms with Gasteiger partial charge < -0.3 is 9.42 Å². The van der Waals surface area contributed by atoms with E-state index < -0.39 is 18.8 Å². The Labute approximate surface area is 183 Å². The van der Waals surface area contributed by atoms with E-state index in [2.05, 4.69) is 65.5 Å². The SMILES string of the molecule is CCOP(=O)(O)C(F)(F)c1ccc(CSCc2ccc(C(C)(C)C)cc2)cc1Br. The fourth-order valence-corrected chi connectivity index (χ4v) is 5.47. The summed E-state index contributed by atoms with van der Waals surface area (Å²) in [7, 11) is -5.11. The first kappa shape index (κ1) is 24.5. The Bertz CT molecular complexity index is 882. The Morgan fingerprint density at radius 3 is 2.14 bits per heavy atom. The molecule has 8 heteroatoms. The average Bonchev–Trinajstić information content (AvgIpc) is 2.61.